The van der Waals surface area contributed by atoms with E-state index < -0.39 is 0 Å². The zero-order chi connectivity index (χ0) is 18.6. The average molecular weight is 377 g/mol. The number of aromatic nitrogens is 2. The lowest BCUT2D eigenvalue weighted by Crippen LogP contribution is -2.02. The molecule has 0 aliphatic rings. The van der Waals surface area contributed by atoms with Crippen molar-refractivity contribution in [3.8, 4) is 5.75 Å². The Labute approximate surface area is 162 Å². The van der Waals surface area contributed by atoms with Gasteiger partial charge in [-0.05, 0) is 54.6 Å². The second kappa shape index (κ2) is 7.51. The van der Waals surface area contributed by atoms with Crippen molar-refractivity contribution in [1.82, 2.24) is 9.97 Å². The molecular formula is C21H17ClN4O. The Morgan fingerprint density at radius 2 is 1.63 bits per heavy atom. The summed E-state index contributed by atoms with van der Waals surface area (Å²) in [4.78, 5) is 9.26. The first-order valence-corrected chi connectivity index (χ1v) is 8.79. The number of halogens is 1. The van der Waals surface area contributed by atoms with Gasteiger partial charge in [0.25, 0.3) is 0 Å². The minimum Gasteiger partial charge on any atom is -0.497 e. The Balaban J connectivity index is 1.71. The quantitative estimate of drug-likeness (QED) is 0.462. The van der Waals surface area contributed by atoms with Gasteiger partial charge in [-0.3, -0.25) is 0 Å². The van der Waals surface area contributed by atoms with Crippen LogP contribution in [0.2, 0.25) is 5.02 Å². The van der Waals surface area contributed by atoms with Gasteiger partial charge in [-0.2, -0.15) is 4.98 Å². The van der Waals surface area contributed by atoms with Crippen molar-refractivity contribution in [3.63, 3.8) is 0 Å². The van der Waals surface area contributed by atoms with Crippen LogP contribution in [0.3, 0.4) is 0 Å². The van der Waals surface area contributed by atoms with Gasteiger partial charge in [0.05, 0.1) is 12.6 Å². The van der Waals surface area contributed by atoms with Gasteiger partial charge in [0.15, 0.2) is 0 Å². The molecular weight excluding hydrogens is 360 g/mol. The van der Waals surface area contributed by atoms with E-state index in [4.69, 9.17) is 16.3 Å². The number of ether oxygens (including phenoxy) is 1. The van der Waals surface area contributed by atoms with E-state index in [1.54, 1.807) is 7.11 Å². The molecule has 134 valence electrons. The lowest BCUT2D eigenvalue weighted by atomic mass is 10.2. The molecule has 0 spiro atoms. The monoisotopic (exact) mass is 376 g/mol. The van der Waals surface area contributed by atoms with Gasteiger partial charge in [0, 0.05) is 21.8 Å². The summed E-state index contributed by atoms with van der Waals surface area (Å²) in [5, 5.41) is 8.16. The fourth-order valence-electron chi connectivity index (χ4n) is 2.73. The predicted octanol–water partition coefficient (Wildman–Crippen LogP) is 5.78. The van der Waals surface area contributed by atoms with Crippen LogP contribution in [-0.2, 0) is 0 Å². The highest BCUT2D eigenvalue weighted by atomic mass is 35.5. The van der Waals surface area contributed by atoms with Crippen LogP contribution in [0.25, 0.3) is 10.9 Å². The third-order valence-corrected chi connectivity index (χ3v) is 4.27. The Morgan fingerprint density at radius 1 is 0.815 bits per heavy atom. The smallest absolute Gasteiger partial charge is 0.229 e. The number of fused-ring (bicyclic) bond motifs is 1. The summed E-state index contributed by atoms with van der Waals surface area (Å²) in [6, 6.07) is 23.0. The topological polar surface area (TPSA) is 59.1 Å². The lowest BCUT2D eigenvalue weighted by Gasteiger charge is -2.12. The molecule has 0 unspecified atom stereocenters. The average Bonchev–Trinajstić information content (AvgIpc) is 2.69. The Bertz CT molecular complexity index is 1080. The summed E-state index contributed by atoms with van der Waals surface area (Å²) < 4.78 is 5.21. The first kappa shape index (κ1) is 17.1. The molecule has 3 aromatic carbocycles. The maximum atomic E-state index is 6.07. The van der Waals surface area contributed by atoms with Gasteiger partial charge in [0.2, 0.25) is 5.95 Å². The molecule has 5 nitrogen and oxygen atoms in total. The molecule has 0 saturated heterocycles. The molecule has 0 aliphatic heterocycles. The molecule has 0 fully saturated rings. The zero-order valence-corrected chi connectivity index (χ0v) is 15.4. The minimum absolute atomic E-state index is 0.493. The molecule has 1 heterocycles. The minimum atomic E-state index is 0.493. The normalized spacial score (nSPS) is 10.6. The van der Waals surface area contributed by atoms with E-state index in [-0.39, 0.29) is 0 Å². The van der Waals surface area contributed by atoms with Crippen molar-refractivity contribution in [2.45, 2.75) is 0 Å². The zero-order valence-electron chi connectivity index (χ0n) is 14.6. The van der Waals surface area contributed by atoms with E-state index in [1.807, 2.05) is 72.8 Å². The molecule has 1 aromatic heterocycles. The van der Waals surface area contributed by atoms with E-state index in [1.165, 1.54) is 0 Å². The summed E-state index contributed by atoms with van der Waals surface area (Å²) in [5.41, 5.74) is 2.58. The molecule has 0 atom stereocenters. The van der Waals surface area contributed by atoms with Crippen molar-refractivity contribution in [1.29, 1.82) is 0 Å². The second-order valence-electron chi connectivity index (χ2n) is 5.90. The van der Waals surface area contributed by atoms with Crippen LogP contribution in [-0.4, -0.2) is 17.1 Å². The third kappa shape index (κ3) is 3.93. The highest BCUT2D eigenvalue weighted by Crippen LogP contribution is 2.27. The van der Waals surface area contributed by atoms with Gasteiger partial charge >= 0.3 is 0 Å². The van der Waals surface area contributed by atoms with Crippen LogP contribution >= 0.6 is 11.6 Å². The molecule has 0 bridgehead atoms. The van der Waals surface area contributed by atoms with Gasteiger partial charge in [0.1, 0.15) is 11.6 Å². The van der Waals surface area contributed by atoms with Crippen LogP contribution in [0.15, 0.2) is 72.8 Å². The van der Waals surface area contributed by atoms with Crippen molar-refractivity contribution in [2.75, 3.05) is 17.7 Å². The summed E-state index contributed by atoms with van der Waals surface area (Å²) in [5.74, 6) is 2.01. The molecule has 2 N–H and O–H groups in total. The number of nitrogens with zero attached hydrogens (tertiary/aromatic N) is 2. The largest absolute Gasteiger partial charge is 0.497 e. The van der Waals surface area contributed by atoms with Gasteiger partial charge in [-0.1, -0.05) is 29.8 Å². The number of hydrogen-bond donors (Lipinski definition) is 2. The van der Waals surface area contributed by atoms with Crippen LogP contribution < -0.4 is 15.4 Å². The maximum absolute atomic E-state index is 6.07. The first-order valence-electron chi connectivity index (χ1n) is 8.42. The van der Waals surface area contributed by atoms with E-state index in [9.17, 15) is 0 Å². The molecule has 6 heteroatoms. The Kier molecular flexibility index (Phi) is 4.77. The predicted molar refractivity (Wildman–Crippen MR) is 111 cm³/mol. The van der Waals surface area contributed by atoms with Gasteiger partial charge in [-0.25, -0.2) is 4.98 Å². The number of benzene rings is 3. The number of rotatable bonds is 5. The fraction of sp³-hybridized carbons (Fsp3) is 0.0476. The van der Waals surface area contributed by atoms with Crippen LogP contribution in [0, 0.1) is 0 Å². The second-order valence-corrected chi connectivity index (χ2v) is 6.34. The highest BCUT2D eigenvalue weighted by Gasteiger charge is 2.09. The van der Waals surface area contributed by atoms with E-state index >= 15 is 0 Å². The Hall–Kier alpha value is -3.31. The molecule has 0 radical (unpaired) electrons. The molecule has 0 saturated carbocycles. The van der Waals surface area contributed by atoms with Crippen molar-refractivity contribution in [3.05, 3.63) is 77.8 Å². The summed E-state index contributed by atoms with van der Waals surface area (Å²) in [6.07, 6.45) is 0. The fourth-order valence-corrected chi connectivity index (χ4v) is 2.92. The van der Waals surface area contributed by atoms with Crippen LogP contribution in [0.4, 0.5) is 23.1 Å². The summed E-state index contributed by atoms with van der Waals surface area (Å²) in [6.45, 7) is 0. The van der Waals surface area contributed by atoms with E-state index in [2.05, 4.69) is 20.6 Å². The number of nitrogens with one attached hydrogen (secondary N) is 2. The number of hydrogen-bond acceptors (Lipinski definition) is 5. The summed E-state index contributed by atoms with van der Waals surface area (Å²) >= 11 is 6.07. The van der Waals surface area contributed by atoms with Crippen molar-refractivity contribution >= 4 is 45.6 Å². The summed E-state index contributed by atoms with van der Waals surface area (Å²) in [7, 11) is 1.65. The lowest BCUT2D eigenvalue weighted by molar-refractivity contribution is 0.415. The molecule has 0 amide bonds. The van der Waals surface area contributed by atoms with E-state index in [0.29, 0.717) is 11.0 Å². The van der Waals surface area contributed by atoms with E-state index in [0.717, 1.165) is 33.8 Å². The van der Waals surface area contributed by atoms with Crippen molar-refractivity contribution < 1.29 is 4.74 Å². The molecule has 4 aromatic rings. The SMILES string of the molecule is COc1ccc(Nc2nc(Nc3cccc(Cl)c3)nc3ccccc23)cc1. The molecule has 0 aliphatic carbocycles. The standard InChI is InChI=1S/C21H17ClN4O/c1-27-17-11-9-15(10-12-17)23-20-18-7-2-3-8-19(18)25-21(26-20)24-16-6-4-5-14(22)13-16/h2-13H,1H3,(H2,23,24,25,26). The molecule has 27 heavy (non-hydrogen) atoms. The van der Waals surface area contributed by atoms with Gasteiger partial charge in [-0.15, -0.1) is 0 Å². The third-order valence-electron chi connectivity index (χ3n) is 4.04. The first-order chi connectivity index (χ1) is 13.2. The van der Waals surface area contributed by atoms with Gasteiger partial charge < -0.3 is 15.4 Å². The highest BCUT2D eigenvalue weighted by molar-refractivity contribution is 6.30. The Morgan fingerprint density at radius 3 is 2.41 bits per heavy atom. The van der Waals surface area contributed by atoms with Crippen molar-refractivity contribution in [2.24, 2.45) is 0 Å². The maximum Gasteiger partial charge on any atom is 0.229 e. The van der Waals surface area contributed by atoms with Crippen LogP contribution in [0.1, 0.15) is 0 Å². The number of para-hydroxylation sites is 1. The molecule has 4 rings (SSSR count). The number of anilines is 4. The number of methoxy groups -OCH3 is 1. The van der Waals surface area contributed by atoms with Crippen LogP contribution in [0.5, 0.6) is 5.75 Å².